The molecule has 0 bridgehead atoms. The maximum atomic E-state index is 13.7. The maximum absolute atomic E-state index is 13.7. The summed E-state index contributed by atoms with van der Waals surface area (Å²) in [6.45, 7) is 3.16. The average molecular weight is 529 g/mol. The van der Waals surface area contributed by atoms with E-state index < -0.39 is 5.66 Å². The molecule has 0 aliphatic carbocycles. The van der Waals surface area contributed by atoms with Crippen LogP contribution in [0.1, 0.15) is 31.8 Å². The fourth-order valence-corrected chi connectivity index (χ4v) is 5.24. The fourth-order valence-electron chi connectivity index (χ4n) is 5.24. The number of methoxy groups -OCH3 is 3. The number of benzene rings is 3. The van der Waals surface area contributed by atoms with E-state index in [1.165, 1.54) is 33.0 Å². The molecule has 1 spiro atoms. The number of carbonyl (C=O) groups excluding carboxylic acids is 2. The van der Waals surface area contributed by atoms with Gasteiger partial charge in [-0.2, -0.15) is 0 Å². The Morgan fingerprint density at radius 1 is 0.897 bits per heavy atom. The molecule has 0 radical (unpaired) electrons. The van der Waals surface area contributed by atoms with Crippen LogP contribution in [0.4, 0.5) is 0 Å². The first-order valence-electron chi connectivity index (χ1n) is 12.8. The van der Waals surface area contributed by atoms with Gasteiger partial charge in [0.1, 0.15) is 5.66 Å². The summed E-state index contributed by atoms with van der Waals surface area (Å²) < 4.78 is 21.8. The lowest BCUT2D eigenvalue weighted by Gasteiger charge is -2.49. The summed E-state index contributed by atoms with van der Waals surface area (Å²) >= 11 is 0. The Kier molecular flexibility index (Phi) is 7.67. The van der Waals surface area contributed by atoms with Crippen molar-refractivity contribution in [2.45, 2.75) is 12.2 Å². The van der Waals surface area contributed by atoms with Gasteiger partial charge in [-0.15, -0.1) is 0 Å². The van der Waals surface area contributed by atoms with Crippen molar-refractivity contribution in [3.8, 4) is 17.2 Å². The van der Waals surface area contributed by atoms with Gasteiger partial charge in [0.2, 0.25) is 5.75 Å². The Hall–Kier alpha value is -4.14. The Balaban J connectivity index is 1.33. The summed E-state index contributed by atoms with van der Waals surface area (Å²) in [7, 11) is 4.50. The van der Waals surface area contributed by atoms with Crippen molar-refractivity contribution in [2.75, 3.05) is 47.6 Å². The highest BCUT2D eigenvalue weighted by Gasteiger charge is 2.54. The molecule has 0 aromatic heterocycles. The Morgan fingerprint density at radius 3 is 2.33 bits per heavy atom. The second-order valence-electron chi connectivity index (χ2n) is 9.54. The van der Waals surface area contributed by atoms with E-state index in [2.05, 4.69) is 17.0 Å². The average Bonchev–Trinajstić information content (AvgIpc) is 3.34. The first-order valence-corrected chi connectivity index (χ1v) is 12.8. The quantitative estimate of drug-likeness (QED) is 0.303. The number of amides is 1. The predicted octanol–water partition coefficient (Wildman–Crippen LogP) is 4.29. The van der Waals surface area contributed by atoms with Gasteiger partial charge in [0.15, 0.2) is 17.3 Å². The van der Waals surface area contributed by atoms with Crippen LogP contribution in [0.3, 0.4) is 0 Å². The number of rotatable bonds is 9. The predicted molar refractivity (Wildman–Crippen MR) is 147 cm³/mol. The molecule has 0 saturated carbocycles. The number of ether oxygens (including phenoxy) is 4. The molecule has 2 fully saturated rings. The minimum absolute atomic E-state index is 0.0444. The van der Waals surface area contributed by atoms with Gasteiger partial charge in [-0.3, -0.25) is 14.5 Å². The standard InChI is InChI=1S/C31H32N2O6/c1-36-27-15-13-25(28(37-2)29(27)38-3)26(34)14-12-22-10-7-11-24(18-22)30(35)33-17-16-32(31(33)20-39-21-31)19-23-8-5-4-6-9-23/h4-15,18H,16-17,19-21H2,1-3H3/b14-12+. The van der Waals surface area contributed by atoms with Crippen molar-refractivity contribution in [1.29, 1.82) is 0 Å². The third-order valence-corrected chi connectivity index (χ3v) is 7.34. The van der Waals surface area contributed by atoms with Crippen molar-refractivity contribution >= 4 is 17.8 Å². The zero-order chi connectivity index (χ0) is 27.4. The van der Waals surface area contributed by atoms with Crippen LogP contribution in [0.25, 0.3) is 6.08 Å². The molecule has 202 valence electrons. The van der Waals surface area contributed by atoms with Crippen LogP contribution in [-0.2, 0) is 11.3 Å². The summed E-state index contributed by atoms with van der Waals surface area (Å²) in [5.74, 6) is 0.827. The van der Waals surface area contributed by atoms with Crippen LogP contribution >= 0.6 is 0 Å². The minimum Gasteiger partial charge on any atom is -0.493 e. The van der Waals surface area contributed by atoms with Gasteiger partial charge in [-0.25, -0.2) is 0 Å². The molecule has 3 aromatic rings. The minimum atomic E-state index is -0.432. The van der Waals surface area contributed by atoms with Crippen LogP contribution in [-0.4, -0.2) is 74.8 Å². The van der Waals surface area contributed by atoms with E-state index in [4.69, 9.17) is 18.9 Å². The van der Waals surface area contributed by atoms with Crippen molar-refractivity contribution in [2.24, 2.45) is 0 Å². The lowest BCUT2D eigenvalue weighted by Crippen LogP contribution is -2.67. The van der Waals surface area contributed by atoms with Crippen LogP contribution < -0.4 is 14.2 Å². The molecule has 5 rings (SSSR count). The highest BCUT2D eigenvalue weighted by molar-refractivity contribution is 6.09. The van der Waals surface area contributed by atoms with E-state index in [9.17, 15) is 9.59 Å². The summed E-state index contributed by atoms with van der Waals surface area (Å²) in [6, 6.07) is 20.9. The zero-order valence-corrected chi connectivity index (χ0v) is 22.4. The van der Waals surface area contributed by atoms with E-state index in [0.29, 0.717) is 48.1 Å². The molecule has 0 N–H and O–H groups in total. The summed E-state index contributed by atoms with van der Waals surface area (Å²) in [5, 5.41) is 0. The van der Waals surface area contributed by atoms with Crippen LogP contribution in [0.15, 0.2) is 72.8 Å². The molecule has 3 aromatic carbocycles. The Bertz CT molecular complexity index is 1380. The van der Waals surface area contributed by atoms with Gasteiger partial charge < -0.3 is 23.8 Å². The number of nitrogens with zero attached hydrogens (tertiary/aromatic N) is 2. The molecule has 2 aliphatic rings. The van der Waals surface area contributed by atoms with Crippen molar-refractivity contribution in [3.63, 3.8) is 0 Å². The van der Waals surface area contributed by atoms with Gasteiger partial charge in [0, 0.05) is 25.2 Å². The van der Waals surface area contributed by atoms with Gasteiger partial charge in [0.25, 0.3) is 5.91 Å². The number of allylic oxidation sites excluding steroid dienone is 1. The van der Waals surface area contributed by atoms with E-state index in [1.54, 1.807) is 18.2 Å². The largest absolute Gasteiger partial charge is 0.493 e. The molecular weight excluding hydrogens is 496 g/mol. The molecule has 39 heavy (non-hydrogen) atoms. The highest BCUT2D eigenvalue weighted by atomic mass is 16.5. The first kappa shape index (κ1) is 26.5. The molecule has 0 unspecified atom stereocenters. The molecule has 8 nitrogen and oxygen atoms in total. The molecule has 0 atom stereocenters. The molecule has 2 aliphatic heterocycles. The second kappa shape index (κ2) is 11.3. The molecule has 2 heterocycles. The second-order valence-corrected chi connectivity index (χ2v) is 9.54. The van der Waals surface area contributed by atoms with E-state index in [0.717, 1.165) is 18.7 Å². The fraction of sp³-hybridized carbons (Fsp3) is 0.290. The van der Waals surface area contributed by atoms with Gasteiger partial charge in [0.05, 0.1) is 40.1 Å². The van der Waals surface area contributed by atoms with Crippen LogP contribution in [0.2, 0.25) is 0 Å². The number of carbonyl (C=O) groups is 2. The molecular formula is C31H32N2O6. The molecule has 2 saturated heterocycles. The maximum Gasteiger partial charge on any atom is 0.255 e. The normalized spacial score (nSPS) is 16.3. The summed E-state index contributed by atoms with van der Waals surface area (Å²) in [4.78, 5) is 31.0. The number of ketones is 1. The molecule has 1 amide bonds. The zero-order valence-electron chi connectivity index (χ0n) is 22.4. The Labute approximate surface area is 228 Å². The Morgan fingerprint density at radius 2 is 1.67 bits per heavy atom. The molecule has 8 heteroatoms. The first-order chi connectivity index (χ1) is 19.0. The third kappa shape index (κ3) is 5.01. The van der Waals surface area contributed by atoms with E-state index >= 15 is 0 Å². The van der Waals surface area contributed by atoms with E-state index in [1.807, 2.05) is 47.4 Å². The monoisotopic (exact) mass is 528 g/mol. The highest BCUT2D eigenvalue weighted by Crippen LogP contribution is 2.40. The van der Waals surface area contributed by atoms with Crippen molar-refractivity contribution in [1.82, 2.24) is 9.80 Å². The van der Waals surface area contributed by atoms with Gasteiger partial charge in [-0.1, -0.05) is 48.5 Å². The van der Waals surface area contributed by atoms with Crippen molar-refractivity contribution < 1.29 is 28.5 Å². The lowest BCUT2D eigenvalue weighted by molar-refractivity contribution is -0.176. The lowest BCUT2D eigenvalue weighted by atomic mass is 10.0. The smallest absolute Gasteiger partial charge is 0.255 e. The van der Waals surface area contributed by atoms with Crippen LogP contribution in [0, 0.1) is 0 Å². The summed E-state index contributed by atoms with van der Waals surface area (Å²) in [6.07, 6.45) is 3.16. The van der Waals surface area contributed by atoms with E-state index in [-0.39, 0.29) is 11.7 Å². The van der Waals surface area contributed by atoms with Gasteiger partial charge in [-0.05, 0) is 41.5 Å². The van der Waals surface area contributed by atoms with Crippen molar-refractivity contribution in [3.05, 3.63) is 95.1 Å². The van der Waals surface area contributed by atoms with Gasteiger partial charge >= 0.3 is 0 Å². The topological polar surface area (TPSA) is 77.5 Å². The SMILES string of the molecule is COc1ccc(C(=O)/C=C/c2cccc(C(=O)N3CCN(Cc4ccccc4)C34COC4)c2)c(OC)c1OC. The number of hydrogen-bond donors (Lipinski definition) is 0. The summed E-state index contributed by atoms with van der Waals surface area (Å²) in [5.41, 5.74) is 2.44. The third-order valence-electron chi connectivity index (χ3n) is 7.34. The van der Waals surface area contributed by atoms with Crippen LogP contribution in [0.5, 0.6) is 17.2 Å². The number of hydrogen-bond acceptors (Lipinski definition) is 7.